The Morgan fingerprint density at radius 2 is 1.95 bits per heavy atom. The molecule has 1 atom stereocenters. The van der Waals surface area contributed by atoms with Crippen molar-refractivity contribution in [3.05, 3.63) is 21.9 Å². The van der Waals surface area contributed by atoms with Gasteiger partial charge in [-0.1, -0.05) is 40.5 Å². The lowest BCUT2D eigenvalue weighted by Gasteiger charge is -2.36. The summed E-state index contributed by atoms with van der Waals surface area (Å²) in [7, 11) is 0. The van der Waals surface area contributed by atoms with Gasteiger partial charge < -0.3 is 5.73 Å². The summed E-state index contributed by atoms with van der Waals surface area (Å²) < 4.78 is 0. The molecular formula is C18H32N2S. The maximum Gasteiger partial charge on any atom is 0.0564 e. The van der Waals surface area contributed by atoms with Gasteiger partial charge in [0.15, 0.2) is 0 Å². The fourth-order valence-corrected chi connectivity index (χ4v) is 4.56. The van der Waals surface area contributed by atoms with Gasteiger partial charge in [0.25, 0.3) is 0 Å². The monoisotopic (exact) mass is 308 g/mol. The molecule has 0 radical (unpaired) electrons. The molecule has 0 spiro atoms. The molecule has 1 saturated heterocycles. The molecule has 2 heterocycles. The average molecular weight is 309 g/mol. The van der Waals surface area contributed by atoms with Crippen LogP contribution in [0.3, 0.4) is 0 Å². The standard InChI is InChI=1S/C18H32N2S/c1-5-6-14-9-11-20(12-10-14)15(13-19)16-7-8-17(21-16)18(2,3)4/h7-8,14-15H,5-6,9-13,19H2,1-4H3. The Morgan fingerprint density at radius 1 is 1.29 bits per heavy atom. The molecule has 1 fully saturated rings. The minimum atomic E-state index is 0.246. The van der Waals surface area contributed by atoms with Gasteiger partial charge in [0, 0.05) is 16.3 Å². The quantitative estimate of drug-likeness (QED) is 0.864. The molecule has 0 amide bonds. The second kappa shape index (κ2) is 7.26. The minimum absolute atomic E-state index is 0.246. The molecule has 1 aromatic heterocycles. The Morgan fingerprint density at radius 3 is 2.43 bits per heavy atom. The number of nitrogens with zero attached hydrogens (tertiary/aromatic N) is 1. The van der Waals surface area contributed by atoms with Crippen LogP contribution < -0.4 is 5.73 Å². The summed E-state index contributed by atoms with van der Waals surface area (Å²) in [6, 6.07) is 5.03. The molecule has 2 nitrogen and oxygen atoms in total. The van der Waals surface area contributed by atoms with Crippen molar-refractivity contribution in [2.45, 2.75) is 64.8 Å². The third-order valence-corrected chi connectivity index (χ3v) is 6.32. The molecule has 3 heteroatoms. The zero-order valence-electron chi connectivity index (χ0n) is 14.2. The van der Waals surface area contributed by atoms with Crippen LogP contribution in [0.5, 0.6) is 0 Å². The van der Waals surface area contributed by atoms with Crippen LogP contribution in [-0.4, -0.2) is 24.5 Å². The molecule has 21 heavy (non-hydrogen) atoms. The highest BCUT2D eigenvalue weighted by Crippen LogP contribution is 2.35. The number of rotatable bonds is 5. The molecule has 2 N–H and O–H groups in total. The predicted molar refractivity (Wildman–Crippen MR) is 94.0 cm³/mol. The number of piperidine rings is 1. The van der Waals surface area contributed by atoms with Crippen molar-refractivity contribution >= 4 is 11.3 Å². The van der Waals surface area contributed by atoms with Gasteiger partial charge in [-0.3, -0.25) is 4.90 Å². The largest absolute Gasteiger partial charge is 0.329 e. The van der Waals surface area contributed by atoms with Gasteiger partial charge in [0.2, 0.25) is 0 Å². The van der Waals surface area contributed by atoms with Crippen molar-refractivity contribution in [2.75, 3.05) is 19.6 Å². The van der Waals surface area contributed by atoms with E-state index in [1.165, 1.54) is 48.5 Å². The second-order valence-electron chi connectivity index (χ2n) is 7.47. The molecule has 2 rings (SSSR count). The molecule has 0 saturated carbocycles. The Hall–Kier alpha value is -0.380. The molecule has 0 bridgehead atoms. The Balaban J connectivity index is 2.02. The molecule has 1 unspecified atom stereocenters. The Labute approximate surface area is 134 Å². The maximum absolute atomic E-state index is 6.11. The van der Waals surface area contributed by atoms with Crippen molar-refractivity contribution in [3.8, 4) is 0 Å². The maximum atomic E-state index is 6.11. The summed E-state index contributed by atoms with van der Waals surface area (Å²) in [6.45, 7) is 12.3. The fourth-order valence-electron chi connectivity index (χ4n) is 3.34. The molecule has 0 aliphatic carbocycles. The topological polar surface area (TPSA) is 29.3 Å². The number of likely N-dealkylation sites (tertiary alicyclic amines) is 1. The molecule has 1 aromatic rings. The van der Waals surface area contributed by atoms with Crippen LogP contribution in [0, 0.1) is 5.92 Å². The van der Waals surface area contributed by atoms with E-state index in [0.717, 1.165) is 12.5 Å². The van der Waals surface area contributed by atoms with Crippen molar-refractivity contribution < 1.29 is 0 Å². The van der Waals surface area contributed by atoms with E-state index in [-0.39, 0.29) is 5.41 Å². The third-order valence-electron chi connectivity index (χ3n) is 4.70. The lowest BCUT2D eigenvalue weighted by Crippen LogP contribution is -2.39. The lowest BCUT2D eigenvalue weighted by molar-refractivity contribution is 0.133. The number of hydrogen-bond donors (Lipinski definition) is 1. The van der Waals surface area contributed by atoms with E-state index >= 15 is 0 Å². The van der Waals surface area contributed by atoms with E-state index in [2.05, 4.69) is 44.7 Å². The van der Waals surface area contributed by atoms with E-state index in [9.17, 15) is 0 Å². The predicted octanol–water partition coefficient (Wildman–Crippen LogP) is 4.56. The van der Waals surface area contributed by atoms with Crippen LogP contribution in [0.15, 0.2) is 12.1 Å². The number of thiophene rings is 1. The smallest absolute Gasteiger partial charge is 0.0564 e. The van der Waals surface area contributed by atoms with E-state index in [4.69, 9.17) is 5.73 Å². The van der Waals surface area contributed by atoms with Gasteiger partial charge >= 0.3 is 0 Å². The van der Waals surface area contributed by atoms with Crippen LogP contribution in [0.1, 0.15) is 69.2 Å². The molecule has 1 aliphatic rings. The zero-order chi connectivity index (χ0) is 15.5. The van der Waals surface area contributed by atoms with Gasteiger partial charge in [0.05, 0.1) is 6.04 Å². The van der Waals surface area contributed by atoms with Gasteiger partial charge in [0.1, 0.15) is 0 Å². The molecule has 1 aliphatic heterocycles. The van der Waals surface area contributed by atoms with Gasteiger partial charge in [-0.2, -0.15) is 0 Å². The normalized spacial score (nSPS) is 19.9. The second-order valence-corrected chi connectivity index (χ2v) is 8.59. The van der Waals surface area contributed by atoms with Crippen LogP contribution in [0.4, 0.5) is 0 Å². The summed E-state index contributed by atoms with van der Waals surface area (Å²) in [5.41, 5.74) is 6.36. The van der Waals surface area contributed by atoms with E-state index < -0.39 is 0 Å². The van der Waals surface area contributed by atoms with Crippen molar-refractivity contribution in [1.29, 1.82) is 0 Å². The van der Waals surface area contributed by atoms with E-state index in [1.807, 2.05) is 11.3 Å². The zero-order valence-corrected chi connectivity index (χ0v) is 15.0. The summed E-state index contributed by atoms with van der Waals surface area (Å²) in [4.78, 5) is 5.54. The SMILES string of the molecule is CCCC1CCN(C(CN)c2ccc(C(C)(C)C)s2)CC1. The highest BCUT2D eigenvalue weighted by molar-refractivity contribution is 7.12. The van der Waals surface area contributed by atoms with Gasteiger partial charge in [-0.15, -0.1) is 11.3 Å². The number of hydrogen-bond acceptors (Lipinski definition) is 3. The number of nitrogens with two attached hydrogens (primary N) is 1. The highest BCUT2D eigenvalue weighted by Gasteiger charge is 2.27. The molecular weight excluding hydrogens is 276 g/mol. The van der Waals surface area contributed by atoms with Crippen molar-refractivity contribution in [2.24, 2.45) is 11.7 Å². The van der Waals surface area contributed by atoms with Crippen LogP contribution in [-0.2, 0) is 5.41 Å². The van der Waals surface area contributed by atoms with Crippen molar-refractivity contribution in [3.63, 3.8) is 0 Å². The first-order chi connectivity index (χ1) is 9.95. The Kier molecular flexibility index (Phi) is 5.87. The van der Waals surface area contributed by atoms with Crippen molar-refractivity contribution in [1.82, 2.24) is 4.90 Å². The summed E-state index contributed by atoms with van der Waals surface area (Å²) in [6.07, 6.45) is 5.42. The van der Waals surface area contributed by atoms with Gasteiger partial charge in [-0.25, -0.2) is 0 Å². The van der Waals surface area contributed by atoms with Crippen LogP contribution >= 0.6 is 11.3 Å². The average Bonchev–Trinajstić information content (AvgIpc) is 2.91. The summed E-state index contributed by atoms with van der Waals surface area (Å²) in [5.74, 6) is 0.943. The highest BCUT2D eigenvalue weighted by atomic mass is 32.1. The molecule has 0 aromatic carbocycles. The summed E-state index contributed by atoms with van der Waals surface area (Å²) >= 11 is 1.96. The first-order valence-electron chi connectivity index (χ1n) is 8.50. The first-order valence-corrected chi connectivity index (χ1v) is 9.31. The van der Waals surface area contributed by atoms with Gasteiger partial charge in [-0.05, 0) is 49.4 Å². The van der Waals surface area contributed by atoms with Crippen LogP contribution in [0.25, 0.3) is 0 Å². The van der Waals surface area contributed by atoms with E-state index in [0.29, 0.717) is 6.04 Å². The minimum Gasteiger partial charge on any atom is -0.329 e. The first kappa shape index (κ1) is 17.0. The van der Waals surface area contributed by atoms with E-state index in [1.54, 1.807) is 0 Å². The van der Waals surface area contributed by atoms with Crippen LogP contribution in [0.2, 0.25) is 0 Å². The summed E-state index contributed by atoms with van der Waals surface area (Å²) in [5, 5.41) is 0. The fraction of sp³-hybridized carbons (Fsp3) is 0.778. The molecule has 120 valence electrons. The Bertz CT molecular complexity index is 425. The lowest BCUT2D eigenvalue weighted by atomic mass is 9.91. The third kappa shape index (κ3) is 4.30.